The number of phenols is 3. The van der Waals surface area contributed by atoms with E-state index in [0.717, 1.165) is 24.8 Å². The molecule has 200 valence electrons. The minimum atomic E-state index is -0.693. The van der Waals surface area contributed by atoms with Gasteiger partial charge in [-0.25, -0.2) is 0 Å². The van der Waals surface area contributed by atoms with Crippen LogP contribution in [0.15, 0.2) is 36.4 Å². The molecule has 0 aliphatic rings. The van der Waals surface area contributed by atoms with Crippen LogP contribution < -0.4 is 4.74 Å². The molecule has 5 nitrogen and oxygen atoms in total. The molecule has 0 radical (unpaired) electrons. The lowest BCUT2D eigenvalue weighted by atomic mass is 10.0. The summed E-state index contributed by atoms with van der Waals surface area (Å²) in [5.41, 5.74) is 0.831. The lowest BCUT2D eigenvalue weighted by Gasteiger charge is -2.14. The Hall–Kier alpha value is -2.69. The highest BCUT2D eigenvalue weighted by Crippen LogP contribution is 2.44. The van der Waals surface area contributed by atoms with Gasteiger partial charge < -0.3 is 20.1 Å². The van der Waals surface area contributed by atoms with E-state index in [9.17, 15) is 20.1 Å². The molecule has 0 atom stereocenters. The molecule has 3 N–H and O–H groups in total. The summed E-state index contributed by atoms with van der Waals surface area (Å²) in [5, 5.41) is 30.2. The number of unbranched alkanes of at least 4 members (excludes halogenated alkanes) is 14. The standard InChI is InChI=1S/C31H46O5/c1-2-3-4-5-6-7-8-9-10-11-12-13-14-15-19-22-26(32)29-28(23-27(33)30(34)31(29)35)36-24-25-20-17-16-18-21-25/h16-18,20-21,23,33-35H,2-15,19,22,24H2,1H3. The summed E-state index contributed by atoms with van der Waals surface area (Å²) < 4.78 is 5.74. The Labute approximate surface area is 217 Å². The zero-order chi connectivity index (χ0) is 26.0. The number of phenolic OH excluding ortho intramolecular Hbond substituents is 3. The third kappa shape index (κ3) is 10.9. The molecule has 2 aromatic carbocycles. The van der Waals surface area contributed by atoms with Gasteiger partial charge in [-0.05, 0) is 12.0 Å². The van der Waals surface area contributed by atoms with Crippen molar-refractivity contribution in [3.63, 3.8) is 0 Å². The van der Waals surface area contributed by atoms with Gasteiger partial charge >= 0.3 is 0 Å². The molecule has 0 heterocycles. The van der Waals surface area contributed by atoms with E-state index >= 15 is 0 Å². The first-order valence-electron chi connectivity index (χ1n) is 14.0. The fraction of sp³-hybridized carbons (Fsp3) is 0.581. The summed E-state index contributed by atoms with van der Waals surface area (Å²) >= 11 is 0. The molecule has 2 rings (SSSR count). The Morgan fingerprint density at radius 3 is 1.72 bits per heavy atom. The number of carbonyl (C=O) groups excluding carboxylic acids is 1. The quantitative estimate of drug-likeness (QED) is 0.0964. The maximum Gasteiger partial charge on any atom is 0.201 e. The second kappa shape index (κ2) is 17.7. The van der Waals surface area contributed by atoms with Crippen LogP contribution in [0.1, 0.15) is 126 Å². The van der Waals surface area contributed by atoms with Gasteiger partial charge in [0.25, 0.3) is 0 Å². The zero-order valence-electron chi connectivity index (χ0n) is 22.1. The molecule has 0 saturated carbocycles. The number of aromatic hydroxyl groups is 3. The van der Waals surface area contributed by atoms with Gasteiger partial charge in [-0.3, -0.25) is 4.79 Å². The van der Waals surface area contributed by atoms with Crippen molar-refractivity contribution in [2.45, 2.75) is 116 Å². The fourth-order valence-electron chi connectivity index (χ4n) is 4.52. The van der Waals surface area contributed by atoms with Crippen LogP contribution in [-0.4, -0.2) is 21.1 Å². The van der Waals surface area contributed by atoms with Crippen molar-refractivity contribution in [2.75, 3.05) is 0 Å². The second-order valence-electron chi connectivity index (χ2n) is 9.86. The lowest BCUT2D eigenvalue weighted by Crippen LogP contribution is -2.05. The molecule has 5 heteroatoms. The smallest absolute Gasteiger partial charge is 0.201 e. The van der Waals surface area contributed by atoms with E-state index in [2.05, 4.69) is 6.92 Å². The summed E-state index contributed by atoms with van der Waals surface area (Å²) in [4.78, 5) is 12.9. The Morgan fingerprint density at radius 2 is 1.19 bits per heavy atom. The van der Waals surface area contributed by atoms with Crippen LogP contribution >= 0.6 is 0 Å². The molecule has 0 amide bonds. The van der Waals surface area contributed by atoms with Crippen molar-refractivity contribution in [1.82, 2.24) is 0 Å². The minimum absolute atomic E-state index is 0.0633. The highest BCUT2D eigenvalue weighted by molar-refractivity contribution is 6.02. The number of ketones is 1. The SMILES string of the molecule is CCCCCCCCCCCCCCCCCC(=O)c1c(OCc2ccccc2)cc(O)c(O)c1O. The van der Waals surface area contributed by atoms with Gasteiger partial charge in [0.15, 0.2) is 17.3 Å². The zero-order valence-corrected chi connectivity index (χ0v) is 22.1. The van der Waals surface area contributed by atoms with Crippen molar-refractivity contribution < 1.29 is 24.9 Å². The number of benzene rings is 2. The second-order valence-corrected chi connectivity index (χ2v) is 9.86. The van der Waals surface area contributed by atoms with E-state index in [1.54, 1.807) is 0 Å². The molecule has 0 aliphatic heterocycles. The largest absolute Gasteiger partial charge is 0.504 e. The molecule has 0 fully saturated rings. The van der Waals surface area contributed by atoms with Crippen molar-refractivity contribution >= 4 is 5.78 Å². The molecular formula is C31H46O5. The minimum Gasteiger partial charge on any atom is -0.504 e. The number of hydrogen-bond donors (Lipinski definition) is 3. The summed E-state index contributed by atoms with van der Waals surface area (Å²) in [6, 6.07) is 10.6. The normalized spacial score (nSPS) is 11.0. The van der Waals surface area contributed by atoms with Crippen molar-refractivity contribution in [3.8, 4) is 23.0 Å². The van der Waals surface area contributed by atoms with E-state index in [-0.39, 0.29) is 30.1 Å². The number of rotatable bonds is 20. The Bertz CT molecular complexity index is 878. The molecule has 0 spiro atoms. The maximum atomic E-state index is 12.9. The van der Waals surface area contributed by atoms with E-state index in [1.165, 1.54) is 83.1 Å². The van der Waals surface area contributed by atoms with Crippen molar-refractivity contribution in [3.05, 3.63) is 47.5 Å². The Morgan fingerprint density at radius 1 is 0.694 bits per heavy atom. The number of Topliss-reactive ketones (excluding diaryl/α,β-unsaturated/α-hetero) is 1. The number of carbonyl (C=O) groups is 1. The molecule has 0 aliphatic carbocycles. The highest BCUT2D eigenvalue weighted by Gasteiger charge is 2.23. The molecule has 0 saturated heterocycles. The molecule has 0 bridgehead atoms. The first-order valence-corrected chi connectivity index (χ1v) is 14.0. The van der Waals surface area contributed by atoms with Crippen LogP contribution in [-0.2, 0) is 6.61 Å². The van der Waals surface area contributed by atoms with Gasteiger partial charge in [0.05, 0.1) is 0 Å². The topological polar surface area (TPSA) is 87.0 Å². The number of ether oxygens (including phenoxy) is 1. The summed E-state index contributed by atoms with van der Waals surface area (Å²) in [7, 11) is 0. The average Bonchev–Trinajstić information content (AvgIpc) is 2.88. The van der Waals surface area contributed by atoms with Crippen LogP contribution in [0.4, 0.5) is 0 Å². The van der Waals surface area contributed by atoms with Gasteiger partial charge in [-0.15, -0.1) is 0 Å². The van der Waals surface area contributed by atoms with Crippen LogP contribution in [0.3, 0.4) is 0 Å². The summed E-state index contributed by atoms with van der Waals surface area (Å²) in [5.74, 6) is -2.04. The molecule has 36 heavy (non-hydrogen) atoms. The van der Waals surface area contributed by atoms with E-state index in [0.29, 0.717) is 0 Å². The first-order chi connectivity index (χ1) is 17.5. The van der Waals surface area contributed by atoms with Crippen LogP contribution in [0.5, 0.6) is 23.0 Å². The summed E-state index contributed by atoms with van der Waals surface area (Å²) in [6.07, 6.45) is 19.0. The monoisotopic (exact) mass is 498 g/mol. The van der Waals surface area contributed by atoms with Gasteiger partial charge in [-0.1, -0.05) is 127 Å². The predicted octanol–water partition coefficient (Wildman–Crippen LogP) is 8.83. The first kappa shape index (κ1) is 29.5. The highest BCUT2D eigenvalue weighted by atomic mass is 16.5. The molecule has 0 unspecified atom stereocenters. The van der Waals surface area contributed by atoms with E-state index < -0.39 is 17.2 Å². The predicted molar refractivity (Wildman–Crippen MR) is 146 cm³/mol. The average molecular weight is 499 g/mol. The van der Waals surface area contributed by atoms with Crippen LogP contribution in [0.25, 0.3) is 0 Å². The maximum absolute atomic E-state index is 12.9. The molecule has 2 aromatic rings. The van der Waals surface area contributed by atoms with Gasteiger partial charge in [-0.2, -0.15) is 0 Å². The van der Waals surface area contributed by atoms with Crippen molar-refractivity contribution in [2.24, 2.45) is 0 Å². The van der Waals surface area contributed by atoms with Crippen LogP contribution in [0, 0.1) is 0 Å². The van der Waals surface area contributed by atoms with Gasteiger partial charge in [0.2, 0.25) is 5.75 Å². The van der Waals surface area contributed by atoms with E-state index in [4.69, 9.17) is 4.74 Å². The summed E-state index contributed by atoms with van der Waals surface area (Å²) in [6.45, 7) is 2.44. The fourth-order valence-corrected chi connectivity index (χ4v) is 4.52. The molecular weight excluding hydrogens is 452 g/mol. The van der Waals surface area contributed by atoms with Crippen molar-refractivity contribution in [1.29, 1.82) is 0 Å². The van der Waals surface area contributed by atoms with E-state index in [1.807, 2.05) is 30.3 Å². The third-order valence-corrected chi connectivity index (χ3v) is 6.74. The number of hydrogen-bond acceptors (Lipinski definition) is 5. The third-order valence-electron chi connectivity index (χ3n) is 6.74. The lowest BCUT2D eigenvalue weighted by molar-refractivity contribution is 0.0971. The van der Waals surface area contributed by atoms with Gasteiger partial charge in [0.1, 0.15) is 17.9 Å². The van der Waals surface area contributed by atoms with Gasteiger partial charge in [0, 0.05) is 12.5 Å². The van der Waals surface area contributed by atoms with Crippen LogP contribution in [0.2, 0.25) is 0 Å². The Kier molecular flexibility index (Phi) is 14.5. The Balaban J connectivity index is 1.64. The molecule has 0 aromatic heterocycles.